The fraction of sp³-hybridized carbons (Fsp3) is 0.267. The first-order valence-electron chi connectivity index (χ1n) is 7.60. The molecule has 26 heavy (non-hydrogen) atoms. The van der Waals surface area contributed by atoms with Crippen molar-refractivity contribution >= 4 is 17.5 Å². The summed E-state index contributed by atoms with van der Waals surface area (Å²) in [6.07, 6.45) is 1.15. The van der Waals surface area contributed by atoms with Crippen LogP contribution < -0.4 is 10.1 Å². The summed E-state index contributed by atoms with van der Waals surface area (Å²) in [5.74, 6) is -0.990. The minimum Gasteiger partial charge on any atom is -0.436 e. The van der Waals surface area contributed by atoms with Gasteiger partial charge in [-0.15, -0.1) is 0 Å². The molecule has 1 aliphatic rings. The molecular formula is C15H14FN5O5. The SMILES string of the molecule is O=C(Nc1cc(Oc2ccc([N+](=O)[O-])cc2F)ncn1)N1CCOCC1. The van der Waals surface area contributed by atoms with Gasteiger partial charge in [0, 0.05) is 25.2 Å². The van der Waals surface area contributed by atoms with Gasteiger partial charge in [0.1, 0.15) is 12.1 Å². The second-order valence-electron chi connectivity index (χ2n) is 5.24. The van der Waals surface area contributed by atoms with Crippen LogP contribution in [0.5, 0.6) is 11.6 Å². The van der Waals surface area contributed by atoms with E-state index in [1.165, 1.54) is 6.07 Å². The van der Waals surface area contributed by atoms with Gasteiger partial charge in [0.2, 0.25) is 5.88 Å². The summed E-state index contributed by atoms with van der Waals surface area (Å²) in [5, 5.41) is 13.2. The summed E-state index contributed by atoms with van der Waals surface area (Å²) in [5.41, 5.74) is -0.393. The molecule has 1 aromatic heterocycles. The van der Waals surface area contributed by atoms with Crippen molar-refractivity contribution < 1.29 is 23.6 Å². The Morgan fingerprint density at radius 2 is 2.08 bits per heavy atom. The van der Waals surface area contributed by atoms with Crippen molar-refractivity contribution in [1.82, 2.24) is 14.9 Å². The van der Waals surface area contributed by atoms with Crippen LogP contribution in [0, 0.1) is 15.9 Å². The van der Waals surface area contributed by atoms with E-state index in [-0.39, 0.29) is 23.5 Å². The summed E-state index contributed by atoms with van der Waals surface area (Å²) in [6.45, 7) is 1.86. The number of carbonyl (C=O) groups excluding carboxylic acids is 1. The number of hydrogen-bond donors (Lipinski definition) is 1. The molecule has 2 amide bonds. The van der Waals surface area contributed by atoms with Gasteiger partial charge in [-0.25, -0.2) is 19.2 Å². The molecule has 1 saturated heterocycles. The zero-order valence-corrected chi connectivity index (χ0v) is 13.4. The molecule has 3 rings (SSSR count). The molecule has 0 saturated carbocycles. The number of carbonyl (C=O) groups is 1. The molecule has 0 bridgehead atoms. The van der Waals surface area contributed by atoms with Gasteiger partial charge in [0.05, 0.1) is 24.2 Å². The van der Waals surface area contributed by atoms with Crippen molar-refractivity contribution in [2.24, 2.45) is 0 Å². The highest BCUT2D eigenvalue weighted by atomic mass is 19.1. The van der Waals surface area contributed by atoms with Crippen LogP contribution in [0.3, 0.4) is 0 Å². The molecule has 2 heterocycles. The zero-order chi connectivity index (χ0) is 18.5. The Morgan fingerprint density at radius 3 is 2.77 bits per heavy atom. The quantitative estimate of drug-likeness (QED) is 0.653. The Hall–Kier alpha value is -3.34. The van der Waals surface area contributed by atoms with E-state index >= 15 is 0 Å². The average Bonchev–Trinajstić information content (AvgIpc) is 2.64. The van der Waals surface area contributed by atoms with Gasteiger partial charge in [-0.1, -0.05) is 0 Å². The maximum Gasteiger partial charge on any atom is 0.323 e. The minimum absolute atomic E-state index is 0.0231. The number of urea groups is 1. The van der Waals surface area contributed by atoms with Crippen LogP contribution in [0.4, 0.5) is 20.7 Å². The number of morpholine rings is 1. The predicted octanol–water partition coefficient (Wildman–Crippen LogP) is 2.18. The number of nitrogens with zero attached hydrogens (tertiary/aromatic N) is 4. The van der Waals surface area contributed by atoms with Crippen LogP contribution >= 0.6 is 0 Å². The maximum absolute atomic E-state index is 13.9. The van der Waals surface area contributed by atoms with Crippen molar-refractivity contribution in [3.05, 3.63) is 46.5 Å². The number of non-ortho nitro benzene ring substituents is 1. The molecule has 1 aromatic carbocycles. The summed E-state index contributed by atoms with van der Waals surface area (Å²) in [4.78, 5) is 31.4. The number of benzene rings is 1. The molecule has 10 nitrogen and oxygen atoms in total. The monoisotopic (exact) mass is 363 g/mol. The maximum atomic E-state index is 13.9. The highest BCUT2D eigenvalue weighted by Gasteiger charge is 2.18. The number of nitro groups is 1. The van der Waals surface area contributed by atoms with Gasteiger partial charge in [-0.05, 0) is 6.07 Å². The second-order valence-corrected chi connectivity index (χ2v) is 5.24. The van der Waals surface area contributed by atoms with E-state index in [1.54, 1.807) is 4.90 Å². The van der Waals surface area contributed by atoms with Gasteiger partial charge < -0.3 is 14.4 Å². The highest BCUT2D eigenvalue weighted by molar-refractivity contribution is 5.88. The number of nitro benzene ring substituents is 1. The number of rotatable bonds is 4. The van der Waals surface area contributed by atoms with Crippen molar-refractivity contribution in [3.8, 4) is 11.6 Å². The number of anilines is 1. The lowest BCUT2D eigenvalue weighted by Gasteiger charge is -2.26. The molecular weight excluding hydrogens is 349 g/mol. The minimum atomic E-state index is -0.906. The Kier molecular flexibility index (Phi) is 5.17. The number of hydrogen-bond acceptors (Lipinski definition) is 7. The zero-order valence-electron chi connectivity index (χ0n) is 13.4. The number of ether oxygens (including phenoxy) is 2. The van der Waals surface area contributed by atoms with Gasteiger partial charge in [-0.2, -0.15) is 0 Å². The number of halogens is 1. The topological polar surface area (TPSA) is 120 Å². The third-order valence-corrected chi connectivity index (χ3v) is 3.52. The second kappa shape index (κ2) is 7.70. The Morgan fingerprint density at radius 1 is 1.31 bits per heavy atom. The van der Waals surface area contributed by atoms with Crippen LogP contribution in [0.15, 0.2) is 30.6 Å². The lowest BCUT2D eigenvalue weighted by Crippen LogP contribution is -2.43. The van der Waals surface area contributed by atoms with Gasteiger partial charge in [0.15, 0.2) is 11.6 Å². The van der Waals surface area contributed by atoms with Crippen LogP contribution in [-0.4, -0.2) is 52.1 Å². The molecule has 1 fully saturated rings. The fourth-order valence-corrected chi connectivity index (χ4v) is 2.22. The lowest BCUT2D eigenvalue weighted by molar-refractivity contribution is -0.385. The van der Waals surface area contributed by atoms with E-state index in [4.69, 9.17) is 9.47 Å². The van der Waals surface area contributed by atoms with E-state index in [9.17, 15) is 19.3 Å². The Bertz CT molecular complexity index is 828. The molecule has 0 atom stereocenters. The van der Waals surface area contributed by atoms with Gasteiger partial charge in [-0.3, -0.25) is 15.4 Å². The van der Waals surface area contributed by atoms with Crippen LogP contribution in [0.1, 0.15) is 0 Å². The predicted molar refractivity (Wildman–Crippen MR) is 86.6 cm³/mol. The first kappa shape index (κ1) is 17.5. The van der Waals surface area contributed by atoms with E-state index < -0.39 is 16.4 Å². The van der Waals surface area contributed by atoms with Gasteiger partial charge in [0.25, 0.3) is 5.69 Å². The first-order chi connectivity index (χ1) is 12.5. The summed E-state index contributed by atoms with van der Waals surface area (Å²) < 4.78 is 24.3. The Labute approximate surface area is 146 Å². The molecule has 0 unspecified atom stereocenters. The van der Waals surface area contributed by atoms with E-state index in [1.807, 2.05) is 0 Å². The van der Waals surface area contributed by atoms with E-state index in [0.717, 1.165) is 24.5 Å². The summed E-state index contributed by atoms with van der Waals surface area (Å²) in [7, 11) is 0. The largest absolute Gasteiger partial charge is 0.436 e. The summed E-state index contributed by atoms with van der Waals surface area (Å²) >= 11 is 0. The average molecular weight is 363 g/mol. The van der Waals surface area contributed by atoms with Gasteiger partial charge >= 0.3 is 6.03 Å². The van der Waals surface area contributed by atoms with E-state index in [0.29, 0.717) is 26.3 Å². The van der Waals surface area contributed by atoms with Crippen LogP contribution in [-0.2, 0) is 4.74 Å². The molecule has 136 valence electrons. The smallest absolute Gasteiger partial charge is 0.323 e. The third-order valence-electron chi connectivity index (χ3n) is 3.52. The Balaban J connectivity index is 1.69. The normalized spacial score (nSPS) is 14.0. The van der Waals surface area contributed by atoms with Crippen molar-refractivity contribution in [1.29, 1.82) is 0 Å². The standard InChI is InChI=1S/C15H14FN5O5/c16-11-7-10(21(23)24)1-2-12(11)26-14-8-13(17-9-18-14)19-15(22)20-3-5-25-6-4-20/h1-2,7-9H,3-6H2,(H,17,18,19,22). The first-order valence-corrected chi connectivity index (χ1v) is 7.60. The number of aromatic nitrogens is 2. The fourth-order valence-electron chi connectivity index (χ4n) is 2.22. The molecule has 0 radical (unpaired) electrons. The van der Waals surface area contributed by atoms with Crippen LogP contribution in [0.25, 0.3) is 0 Å². The number of nitrogens with one attached hydrogen (secondary N) is 1. The molecule has 0 aliphatic carbocycles. The molecule has 2 aromatic rings. The highest BCUT2D eigenvalue weighted by Crippen LogP contribution is 2.27. The third kappa shape index (κ3) is 4.19. The molecule has 11 heteroatoms. The molecule has 1 N–H and O–H groups in total. The lowest BCUT2D eigenvalue weighted by atomic mass is 10.3. The van der Waals surface area contributed by atoms with Crippen molar-refractivity contribution in [2.75, 3.05) is 31.6 Å². The van der Waals surface area contributed by atoms with E-state index in [2.05, 4.69) is 15.3 Å². The van der Waals surface area contributed by atoms with Crippen molar-refractivity contribution in [2.45, 2.75) is 0 Å². The van der Waals surface area contributed by atoms with Crippen molar-refractivity contribution in [3.63, 3.8) is 0 Å². The number of amides is 2. The summed E-state index contributed by atoms with van der Waals surface area (Å²) in [6, 6.07) is 3.96. The molecule has 1 aliphatic heterocycles. The molecule has 0 spiro atoms. The van der Waals surface area contributed by atoms with Crippen LogP contribution in [0.2, 0.25) is 0 Å².